The van der Waals surface area contributed by atoms with Crippen LogP contribution in [0.25, 0.3) is 0 Å². The van der Waals surface area contributed by atoms with Gasteiger partial charge in [0.05, 0.1) is 23.3 Å². The van der Waals surface area contributed by atoms with E-state index in [1.807, 2.05) is 26.8 Å². The highest BCUT2D eigenvalue weighted by Crippen LogP contribution is 2.24. The first-order valence-electron chi connectivity index (χ1n) is 10.2. The van der Waals surface area contributed by atoms with Crippen LogP contribution in [0.1, 0.15) is 63.7 Å². The lowest BCUT2D eigenvalue weighted by Gasteiger charge is -2.08. The van der Waals surface area contributed by atoms with E-state index in [0.717, 1.165) is 36.7 Å². The van der Waals surface area contributed by atoms with Gasteiger partial charge in [0.2, 0.25) is 0 Å². The van der Waals surface area contributed by atoms with E-state index >= 15 is 0 Å². The molecule has 30 heavy (non-hydrogen) atoms. The minimum absolute atomic E-state index is 0.112. The van der Waals surface area contributed by atoms with E-state index in [-0.39, 0.29) is 17.9 Å². The van der Waals surface area contributed by atoms with E-state index < -0.39 is 0 Å². The van der Waals surface area contributed by atoms with E-state index in [0.29, 0.717) is 34.9 Å². The number of H-pyrrole nitrogens is 1. The van der Waals surface area contributed by atoms with Crippen LogP contribution < -0.4 is 16.4 Å². The number of aliphatic imine (C=N–C) groups is 2. The highest BCUT2D eigenvalue weighted by Gasteiger charge is 2.26. The van der Waals surface area contributed by atoms with Crippen LogP contribution in [-0.2, 0) is 0 Å². The molecule has 0 aliphatic heterocycles. The summed E-state index contributed by atoms with van der Waals surface area (Å²) in [5.41, 5.74) is 9.49. The number of hydrogen-bond donors (Lipinski definition) is 4. The smallest absolute Gasteiger partial charge is 0.253 e. The fraction of sp³-hybridized carbons (Fsp3) is 0.364. The Hall–Kier alpha value is -3.42. The normalized spacial score (nSPS) is 14.2. The number of nitrogens with zero attached hydrogens (tertiary/aromatic N) is 2. The first-order chi connectivity index (χ1) is 14.4. The van der Waals surface area contributed by atoms with Gasteiger partial charge in [-0.1, -0.05) is 13.0 Å². The van der Waals surface area contributed by atoms with Crippen LogP contribution in [0.15, 0.2) is 34.4 Å². The zero-order valence-corrected chi connectivity index (χ0v) is 17.6. The van der Waals surface area contributed by atoms with Crippen LogP contribution >= 0.6 is 0 Å². The molecule has 1 saturated carbocycles. The summed E-state index contributed by atoms with van der Waals surface area (Å²) in [5, 5.41) is 5.85. The maximum Gasteiger partial charge on any atom is 0.253 e. The van der Waals surface area contributed by atoms with Gasteiger partial charge in [0.25, 0.3) is 11.8 Å². The molecule has 0 spiro atoms. The second kappa shape index (κ2) is 9.39. The van der Waals surface area contributed by atoms with Gasteiger partial charge < -0.3 is 21.4 Å². The second-order valence-electron chi connectivity index (χ2n) is 7.42. The summed E-state index contributed by atoms with van der Waals surface area (Å²) in [6, 6.07) is 5.62. The van der Waals surface area contributed by atoms with Crippen molar-refractivity contribution in [2.75, 3.05) is 6.54 Å². The van der Waals surface area contributed by atoms with Crippen molar-refractivity contribution in [3.63, 3.8) is 0 Å². The topological polar surface area (TPSA) is 125 Å². The lowest BCUT2D eigenvalue weighted by molar-refractivity contribution is 0.0943. The first-order valence-corrected chi connectivity index (χ1v) is 10.2. The maximum absolute atomic E-state index is 12.4. The third-order valence-corrected chi connectivity index (χ3v) is 4.95. The van der Waals surface area contributed by atoms with Crippen LogP contribution in [0.4, 0.5) is 5.69 Å². The highest BCUT2D eigenvalue weighted by molar-refractivity contribution is 6.07. The fourth-order valence-electron chi connectivity index (χ4n) is 3.00. The van der Waals surface area contributed by atoms with Crippen LogP contribution in [0.3, 0.4) is 0 Å². The minimum Gasteiger partial charge on any atom is -0.390 e. The molecule has 2 amide bonds. The predicted octanol–water partition coefficient (Wildman–Crippen LogP) is 2.73. The van der Waals surface area contributed by atoms with Crippen molar-refractivity contribution in [3.05, 3.63) is 52.3 Å². The monoisotopic (exact) mass is 408 g/mol. The fourth-order valence-corrected chi connectivity index (χ4v) is 3.00. The summed E-state index contributed by atoms with van der Waals surface area (Å²) in [7, 11) is 0. The van der Waals surface area contributed by atoms with Gasteiger partial charge in [0, 0.05) is 24.3 Å². The summed E-state index contributed by atoms with van der Waals surface area (Å²) in [4.78, 5) is 36.7. The van der Waals surface area contributed by atoms with Gasteiger partial charge in [-0.25, -0.2) is 9.98 Å². The number of aromatic nitrogens is 1. The van der Waals surface area contributed by atoms with Gasteiger partial charge in [-0.3, -0.25) is 9.59 Å². The van der Waals surface area contributed by atoms with Gasteiger partial charge >= 0.3 is 0 Å². The van der Waals surface area contributed by atoms with Gasteiger partial charge in [-0.05, 0) is 56.4 Å². The number of benzene rings is 1. The van der Waals surface area contributed by atoms with Crippen LogP contribution in [0.2, 0.25) is 0 Å². The van der Waals surface area contributed by atoms with Gasteiger partial charge in [-0.15, -0.1) is 0 Å². The summed E-state index contributed by atoms with van der Waals surface area (Å²) in [6.45, 7) is 6.37. The van der Waals surface area contributed by atoms with Crippen molar-refractivity contribution >= 4 is 29.7 Å². The van der Waals surface area contributed by atoms with Crippen molar-refractivity contribution in [2.24, 2.45) is 15.7 Å². The molecule has 8 nitrogen and oxygen atoms in total. The average molecular weight is 409 g/mol. The largest absolute Gasteiger partial charge is 0.390 e. The quantitative estimate of drug-likeness (QED) is 0.416. The van der Waals surface area contributed by atoms with E-state index in [9.17, 15) is 9.59 Å². The molecule has 0 saturated heterocycles. The van der Waals surface area contributed by atoms with E-state index in [1.165, 1.54) is 0 Å². The van der Waals surface area contributed by atoms with Gasteiger partial charge in [0.1, 0.15) is 0 Å². The Labute approximate surface area is 176 Å². The third-order valence-electron chi connectivity index (χ3n) is 4.95. The number of rotatable bonds is 7. The Morgan fingerprint density at radius 1 is 1.27 bits per heavy atom. The minimum atomic E-state index is -0.146. The summed E-state index contributed by atoms with van der Waals surface area (Å²) in [5.74, 6) is 0.0845. The van der Waals surface area contributed by atoms with Gasteiger partial charge in [0.15, 0.2) is 5.84 Å². The highest BCUT2D eigenvalue weighted by atomic mass is 16.2. The average Bonchev–Trinajstić information content (AvgIpc) is 3.46. The number of amidine groups is 1. The number of aromatic amines is 1. The number of aryl methyl sites for hydroxylation is 1. The van der Waals surface area contributed by atoms with E-state index in [2.05, 4.69) is 25.6 Å². The standard InChI is InChI=1S/C22H28N6O2/c1-4-9-24-21(29)15-6-5-13(2)18(10-15)28-20(26-12-23)19-14(3)17(11-25-19)22(30)27-16-7-8-16/h5-6,10-12,16,25H,4,7-9H2,1-3H3,(H,24,29)(H,27,30)(H2,23,26,28). The van der Waals surface area contributed by atoms with Crippen molar-refractivity contribution in [2.45, 2.75) is 46.1 Å². The Morgan fingerprint density at radius 3 is 2.70 bits per heavy atom. The summed E-state index contributed by atoms with van der Waals surface area (Å²) >= 11 is 0. The van der Waals surface area contributed by atoms with Crippen LogP contribution in [0.5, 0.6) is 0 Å². The van der Waals surface area contributed by atoms with Crippen molar-refractivity contribution < 1.29 is 9.59 Å². The van der Waals surface area contributed by atoms with Crippen molar-refractivity contribution in [1.82, 2.24) is 15.6 Å². The summed E-state index contributed by atoms with van der Waals surface area (Å²) in [6.07, 6.45) is 5.73. The molecule has 1 aliphatic carbocycles. The molecule has 158 valence electrons. The van der Waals surface area contributed by atoms with Crippen molar-refractivity contribution in [3.8, 4) is 0 Å². The lowest BCUT2D eigenvalue weighted by atomic mass is 10.1. The van der Waals surface area contributed by atoms with Gasteiger partial charge in [-0.2, -0.15) is 0 Å². The number of nitrogens with one attached hydrogen (secondary N) is 3. The number of amides is 2. The number of nitrogens with two attached hydrogens (primary N) is 1. The molecule has 0 bridgehead atoms. The Balaban J connectivity index is 1.94. The predicted molar refractivity (Wildman–Crippen MR) is 119 cm³/mol. The molecule has 1 fully saturated rings. The molecule has 3 rings (SSSR count). The zero-order valence-electron chi connectivity index (χ0n) is 17.6. The van der Waals surface area contributed by atoms with Crippen molar-refractivity contribution in [1.29, 1.82) is 0 Å². The number of carbonyl (C=O) groups is 2. The Kier molecular flexibility index (Phi) is 6.66. The molecule has 0 unspecified atom stereocenters. The SMILES string of the molecule is CCCNC(=O)c1ccc(C)c(N=C(N=CN)c2[nH]cc(C(=O)NC3CC3)c2C)c1. The molecule has 1 aliphatic rings. The van der Waals surface area contributed by atoms with E-state index in [1.54, 1.807) is 18.3 Å². The second-order valence-corrected chi connectivity index (χ2v) is 7.42. The summed E-state index contributed by atoms with van der Waals surface area (Å²) < 4.78 is 0. The molecule has 2 aromatic rings. The van der Waals surface area contributed by atoms with Crippen LogP contribution in [0, 0.1) is 13.8 Å². The lowest BCUT2D eigenvalue weighted by Crippen LogP contribution is -2.25. The molecular weight excluding hydrogens is 380 g/mol. The zero-order chi connectivity index (χ0) is 21.7. The molecule has 5 N–H and O–H groups in total. The number of hydrogen-bond acceptors (Lipinski definition) is 3. The third kappa shape index (κ3) is 4.94. The molecular formula is C22H28N6O2. The van der Waals surface area contributed by atoms with E-state index in [4.69, 9.17) is 5.73 Å². The molecule has 1 aromatic heterocycles. The first kappa shape index (κ1) is 21.3. The number of carbonyl (C=O) groups excluding carboxylic acids is 2. The Bertz CT molecular complexity index is 1000. The van der Waals surface area contributed by atoms with Crippen LogP contribution in [-0.4, -0.2) is 41.6 Å². The molecule has 1 aromatic carbocycles. The molecule has 8 heteroatoms. The molecule has 0 radical (unpaired) electrons. The Morgan fingerprint density at radius 2 is 2.03 bits per heavy atom. The molecule has 0 atom stereocenters. The molecule has 1 heterocycles. The maximum atomic E-state index is 12.4.